The van der Waals surface area contributed by atoms with Crippen LogP contribution in [-0.4, -0.2) is 28.1 Å². The SMILES string of the molecule is CC1(C)CNC(=O)N1c1ccnc(Cl)n1. The maximum absolute atomic E-state index is 11.6. The van der Waals surface area contributed by atoms with Crippen LogP contribution in [0.2, 0.25) is 5.28 Å². The van der Waals surface area contributed by atoms with E-state index in [1.807, 2.05) is 13.8 Å². The predicted octanol–water partition coefficient (Wildman–Crippen LogP) is 1.44. The minimum Gasteiger partial charge on any atom is -0.335 e. The molecular formula is C9H11ClN4O. The third kappa shape index (κ3) is 1.74. The molecule has 0 aliphatic carbocycles. The number of halogens is 1. The Kier molecular flexibility index (Phi) is 2.26. The van der Waals surface area contributed by atoms with Crippen molar-refractivity contribution in [2.45, 2.75) is 19.4 Å². The molecule has 0 radical (unpaired) electrons. The van der Waals surface area contributed by atoms with Crippen LogP contribution in [0.4, 0.5) is 10.6 Å². The zero-order valence-electron chi connectivity index (χ0n) is 8.49. The van der Waals surface area contributed by atoms with Gasteiger partial charge in [-0.2, -0.15) is 0 Å². The van der Waals surface area contributed by atoms with Crippen molar-refractivity contribution in [2.24, 2.45) is 0 Å². The Morgan fingerprint density at radius 2 is 2.33 bits per heavy atom. The Bertz CT molecular complexity index is 407. The molecule has 1 saturated heterocycles. The zero-order chi connectivity index (χ0) is 11.1. The fourth-order valence-corrected chi connectivity index (χ4v) is 1.73. The maximum Gasteiger partial charge on any atom is 0.323 e. The van der Waals surface area contributed by atoms with Crippen molar-refractivity contribution >= 4 is 23.4 Å². The Labute approximate surface area is 92.5 Å². The fraction of sp³-hybridized carbons (Fsp3) is 0.444. The van der Waals surface area contributed by atoms with Gasteiger partial charge in [-0.3, -0.25) is 4.90 Å². The standard InChI is InChI=1S/C9H11ClN4O/c1-9(2)5-12-8(15)14(9)6-3-4-11-7(10)13-6/h3-4H,5H2,1-2H3,(H,12,15). The molecule has 15 heavy (non-hydrogen) atoms. The molecule has 0 atom stereocenters. The Balaban J connectivity index is 2.41. The van der Waals surface area contributed by atoms with Crippen LogP contribution in [0.3, 0.4) is 0 Å². The van der Waals surface area contributed by atoms with Gasteiger partial charge in [0.1, 0.15) is 5.82 Å². The van der Waals surface area contributed by atoms with E-state index >= 15 is 0 Å². The third-order valence-corrected chi connectivity index (χ3v) is 2.50. The van der Waals surface area contributed by atoms with Crippen molar-refractivity contribution in [1.29, 1.82) is 0 Å². The van der Waals surface area contributed by atoms with Crippen LogP contribution in [0, 0.1) is 0 Å². The summed E-state index contributed by atoms with van der Waals surface area (Å²) in [6.45, 7) is 4.51. The summed E-state index contributed by atoms with van der Waals surface area (Å²) in [6, 6.07) is 1.51. The highest BCUT2D eigenvalue weighted by Gasteiger charge is 2.39. The molecule has 0 unspecified atom stereocenters. The molecule has 0 bridgehead atoms. The molecule has 0 aromatic carbocycles. The minimum absolute atomic E-state index is 0.142. The molecule has 1 aromatic rings. The third-order valence-electron chi connectivity index (χ3n) is 2.32. The van der Waals surface area contributed by atoms with Crippen molar-refractivity contribution in [3.63, 3.8) is 0 Å². The first-order valence-electron chi connectivity index (χ1n) is 4.57. The Morgan fingerprint density at radius 1 is 1.60 bits per heavy atom. The van der Waals surface area contributed by atoms with Crippen LogP contribution in [-0.2, 0) is 0 Å². The van der Waals surface area contributed by atoms with Gasteiger partial charge >= 0.3 is 6.03 Å². The number of carbonyl (C=O) groups excluding carboxylic acids is 1. The van der Waals surface area contributed by atoms with Gasteiger partial charge in [-0.15, -0.1) is 0 Å². The minimum atomic E-state index is -0.297. The monoisotopic (exact) mass is 226 g/mol. The first-order valence-corrected chi connectivity index (χ1v) is 4.95. The number of urea groups is 1. The molecular weight excluding hydrogens is 216 g/mol. The highest BCUT2D eigenvalue weighted by atomic mass is 35.5. The van der Waals surface area contributed by atoms with Gasteiger partial charge < -0.3 is 5.32 Å². The number of anilines is 1. The van der Waals surface area contributed by atoms with Crippen LogP contribution in [0.1, 0.15) is 13.8 Å². The maximum atomic E-state index is 11.6. The van der Waals surface area contributed by atoms with E-state index in [0.717, 1.165) is 0 Å². The van der Waals surface area contributed by atoms with Gasteiger partial charge in [0.05, 0.1) is 5.54 Å². The summed E-state index contributed by atoms with van der Waals surface area (Å²) in [7, 11) is 0. The molecule has 1 N–H and O–H groups in total. The summed E-state index contributed by atoms with van der Waals surface area (Å²) in [5.74, 6) is 0.523. The first kappa shape index (κ1) is 10.2. The summed E-state index contributed by atoms with van der Waals surface area (Å²) in [5, 5.41) is 2.90. The molecule has 5 nitrogen and oxygen atoms in total. The number of aromatic nitrogens is 2. The van der Waals surface area contributed by atoms with Gasteiger partial charge in [-0.1, -0.05) is 0 Å². The van der Waals surface area contributed by atoms with Crippen LogP contribution in [0.5, 0.6) is 0 Å². The molecule has 1 aliphatic rings. The molecule has 1 aromatic heterocycles. The summed E-state index contributed by atoms with van der Waals surface area (Å²) < 4.78 is 0. The second kappa shape index (κ2) is 3.34. The summed E-state index contributed by atoms with van der Waals surface area (Å²) >= 11 is 5.68. The lowest BCUT2D eigenvalue weighted by molar-refractivity contribution is 0.251. The molecule has 6 heteroatoms. The normalized spacial score (nSPS) is 19.1. The molecule has 1 aliphatic heterocycles. The number of carbonyl (C=O) groups is 1. The topological polar surface area (TPSA) is 58.1 Å². The lowest BCUT2D eigenvalue weighted by Gasteiger charge is -2.28. The second-order valence-corrected chi connectivity index (χ2v) is 4.33. The molecule has 2 rings (SSSR count). The van der Waals surface area contributed by atoms with E-state index in [1.165, 1.54) is 6.20 Å². The molecule has 1 fully saturated rings. The number of hydrogen-bond acceptors (Lipinski definition) is 3. The zero-order valence-corrected chi connectivity index (χ0v) is 9.25. The fourth-order valence-electron chi connectivity index (χ4n) is 1.59. The molecule has 80 valence electrons. The van der Waals surface area contributed by atoms with Crippen molar-refractivity contribution in [2.75, 3.05) is 11.4 Å². The summed E-state index contributed by atoms with van der Waals surface area (Å²) in [5.41, 5.74) is -0.297. The molecule has 2 heterocycles. The van der Waals surface area contributed by atoms with Gasteiger partial charge in [-0.05, 0) is 31.5 Å². The lowest BCUT2D eigenvalue weighted by atomic mass is 10.1. The number of rotatable bonds is 1. The van der Waals surface area contributed by atoms with E-state index in [9.17, 15) is 4.79 Å². The smallest absolute Gasteiger partial charge is 0.323 e. The van der Waals surface area contributed by atoms with Crippen LogP contribution < -0.4 is 10.2 Å². The van der Waals surface area contributed by atoms with Crippen molar-refractivity contribution in [3.05, 3.63) is 17.5 Å². The van der Waals surface area contributed by atoms with Crippen molar-refractivity contribution < 1.29 is 4.79 Å². The highest BCUT2D eigenvalue weighted by Crippen LogP contribution is 2.26. The van der Waals surface area contributed by atoms with Gasteiger partial charge in [0.15, 0.2) is 0 Å². The Hall–Kier alpha value is -1.36. The van der Waals surface area contributed by atoms with Crippen LogP contribution >= 0.6 is 11.6 Å². The summed E-state index contributed by atoms with van der Waals surface area (Å²) in [6.07, 6.45) is 1.53. The van der Waals surface area contributed by atoms with Gasteiger partial charge in [0.25, 0.3) is 0 Å². The number of nitrogens with one attached hydrogen (secondary N) is 1. The number of nitrogens with zero attached hydrogens (tertiary/aromatic N) is 3. The lowest BCUT2D eigenvalue weighted by Crippen LogP contribution is -2.42. The predicted molar refractivity (Wildman–Crippen MR) is 57.0 cm³/mol. The van der Waals surface area contributed by atoms with E-state index in [4.69, 9.17) is 11.6 Å². The van der Waals surface area contributed by atoms with E-state index in [0.29, 0.717) is 12.4 Å². The van der Waals surface area contributed by atoms with E-state index in [2.05, 4.69) is 15.3 Å². The van der Waals surface area contributed by atoms with Crippen molar-refractivity contribution in [3.8, 4) is 0 Å². The summed E-state index contributed by atoms with van der Waals surface area (Å²) in [4.78, 5) is 21.0. The highest BCUT2D eigenvalue weighted by molar-refractivity contribution is 6.28. The van der Waals surface area contributed by atoms with Gasteiger partial charge in [0.2, 0.25) is 5.28 Å². The first-order chi connectivity index (χ1) is 7.00. The van der Waals surface area contributed by atoms with E-state index in [1.54, 1.807) is 11.0 Å². The quantitative estimate of drug-likeness (QED) is 0.738. The number of hydrogen-bond donors (Lipinski definition) is 1. The van der Waals surface area contributed by atoms with Crippen LogP contribution in [0.15, 0.2) is 12.3 Å². The molecule has 0 saturated carbocycles. The van der Waals surface area contributed by atoms with E-state index < -0.39 is 0 Å². The average molecular weight is 227 g/mol. The van der Waals surface area contributed by atoms with Gasteiger partial charge in [0, 0.05) is 12.7 Å². The largest absolute Gasteiger partial charge is 0.335 e. The molecule has 2 amide bonds. The van der Waals surface area contributed by atoms with Crippen molar-refractivity contribution in [1.82, 2.24) is 15.3 Å². The van der Waals surface area contributed by atoms with Crippen LogP contribution in [0.25, 0.3) is 0 Å². The second-order valence-electron chi connectivity index (χ2n) is 3.99. The number of amides is 2. The van der Waals surface area contributed by atoms with Gasteiger partial charge in [-0.25, -0.2) is 14.8 Å². The Morgan fingerprint density at radius 3 is 2.87 bits per heavy atom. The molecule has 0 spiro atoms. The average Bonchev–Trinajstić information content (AvgIpc) is 2.40. The van der Waals surface area contributed by atoms with E-state index in [-0.39, 0.29) is 16.9 Å².